The van der Waals surface area contributed by atoms with Crippen LogP contribution in [0.3, 0.4) is 0 Å². The maximum atomic E-state index is 12.7. The first kappa shape index (κ1) is 18.8. The Labute approximate surface area is 175 Å². The van der Waals surface area contributed by atoms with Crippen LogP contribution in [0.15, 0.2) is 26.5 Å². The second-order valence-electron chi connectivity index (χ2n) is 8.01. The van der Waals surface area contributed by atoms with Crippen molar-refractivity contribution >= 4 is 22.7 Å². The number of piperidine rings is 1. The molecule has 5 heterocycles. The predicted molar refractivity (Wildman–Crippen MR) is 111 cm³/mol. The average molecular weight is 431 g/mol. The van der Waals surface area contributed by atoms with Crippen LogP contribution < -0.4 is 11.1 Å². The highest BCUT2D eigenvalue weighted by Gasteiger charge is 2.42. The molecule has 0 saturated carbocycles. The van der Waals surface area contributed by atoms with Crippen LogP contribution in [0.1, 0.15) is 34.4 Å². The van der Waals surface area contributed by atoms with Gasteiger partial charge in [-0.15, -0.1) is 22.7 Å². The summed E-state index contributed by atoms with van der Waals surface area (Å²) in [7, 11) is 0. The molecule has 10 heteroatoms. The number of thiazole rings is 2. The summed E-state index contributed by atoms with van der Waals surface area (Å²) in [6.45, 7) is 5.62. The summed E-state index contributed by atoms with van der Waals surface area (Å²) < 4.78 is 2.90. The summed E-state index contributed by atoms with van der Waals surface area (Å²) in [6, 6.07) is 0. The average Bonchev–Trinajstić information content (AvgIpc) is 3.43. The molecule has 8 nitrogen and oxygen atoms in total. The van der Waals surface area contributed by atoms with Gasteiger partial charge in [0.2, 0.25) is 0 Å². The third kappa shape index (κ3) is 3.60. The van der Waals surface area contributed by atoms with Crippen LogP contribution in [0.25, 0.3) is 0 Å². The fourth-order valence-electron chi connectivity index (χ4n) is 4.39. The van der Waals surface area contributed by atoms with Crippen molar-refractivity contribution in [1.29, 1.82) is 0 Å². The summed E-state index contributed by atoms with van der Waals surface area (Å²) in [5, 5.41) is 10.6. The quantitative estimate of drug-likeness (QED) is 0.584. The zero-order chi connectivity index (χ0) is 20.0. The van der Waals surface area contributed by atoms with Gasteiger partial charge in [0.05, 0.1) is 23.8 Å². The topological polar surface area (TPSA) is 85.9 Å². The summed E-state index contributed by atoms with van der Waals surface area (Å²) in [5.41, 5.74) is -0.210. The van der Waals surface area contributed by atoms with E-state index in [0.717, 1.165) is 60.4 Å². The van der Waals surface area contributed by atoms with E-state index in [2.05, 4.69) is 20.0 Å². The van der Waals surface area contributed by atoms with Crippen LogP contribution in [-0.2, 0) is 26.1 Å². The highest BCUT2D eigenvalue weighted by Crippen LogP contribution is 2.40. The van der Waals surface area contributed by atoms with E-state index in [-0.39, 0.29) is 12.0 Å². The van der Waals surface area contributed by atoms with Gasteiger partial charge in [-0.3, -0.25) is 19.1 Å². The van der Waals surface area contributed by atoms with E-state index in [4.69, 9.17) is 0 Å². The van der Waals surface area contributed by atoms with Gasteiger partial charge in [0, 0.05) is 29.9 Å². The van der Waals surface area contributed by atoms with E-state index in [0.29, 0.717) is 6.54 Å². The molecule has 0 aromatic carbocycles. The Bertz CT molecular complexity index is 1140. The van der Waals surface area contributed by atoms with Gasteiger partial charge in [-0.1, -0.05) is 0 Å². The molecule has 1 spiro atoms. The molecule has 3 aromatic heterocycles. The molecule has 0 bridgehead atoms. The largest absolute Gasteiger partial charge is 0.332 e. The first-order valence-electron chi connectivity index (χ1n) is 9.74. The van der Waals surface area contributed by atoms with Crippen molar-refractivity contribution in [3.63, 3.8) is 0 Å². The Kier molecular flexibility index (Phi) is 4.72. The molecule has 5 rings (SSSR count). The van der Waals surface area contributed by atoms with Crippen LogP contribution >= 0.6 is 22.7 Å². The third-order valence-corrected chi connectivity index (χ3v) is 7.56. The molecule has 1 saturated heterocycles. The second kappa shape index (κ2) is 7.26. The molecule has 0 amide bonds. The van der Waals surface area contributed by atoms with Gasteiger partial charge in [0.1, 0.15) is 10.8 Å². The number of nitrogens with zero attached hydrogens (tertiary/aromatic N) is 6. The van der Waals surface area contributed by atoms with E-state index in [1.54, 1.807) is 15.9 Å². The Hall–Kier alpha value is -2.17. The lowest BCUT2D eigenvalue weighted by molar-refractivity contribution is 0.0978. The lowest BCUT2D eigenvalue weighted by atomic mass is 9.77. The van der Waals surface area contributed by atoms with Gasteiger partial charge < -0.3 is 0 Å². The van der Waals surface area contributed by atoms with Crippen LogP contribution in [0.4, 0.5) is 0 Å². The van der Waals surface area contributed by atoms with E-state index in [1.165, 1.54) is 16.0 Å². The lowest BCUT2D eigenvalue weighted by Gasteiger charge is -2.38. The molecule has 152 valence electrons. The minimum atomic E-state index is -0.558. The number of rotatable bonds is 4. The molecule has 0 N–H and O–H groups in total. The molecule has 3 aromatic rings. The normalized spacial score (nSPS) is 18.4. The molecule has 0 aliphatic carbocycles. The maximum Gasteiger partial charge on any atom is 0.332 e. The Morgan fingerprint density at radius 2 is 1.97 bits per heavy atom. The van der Waals surface area contributed by atoms with Gasteiger partial charge in [-0.25, -0.2) is 14.6 Å². The lowest BCUT2D eigenvalue weighted by Crippen LogP contribution is -2.44. The van der Waals surface area contributed by atoms with Gasteiger partial charge in [0.25, 0.3) is 0 Å². The zero-order valence-electron chi connectivity index (χ0n) is 16.2. The number of aromatic nitrogens is 5. The van der Waals surface area contributed by atoms with Crippen molar-refractivity contribution in [3.8, 4) is 0 Å². The molecular formula is C19H22N6O2S2. The van der Waals surface area contributed by atoms with Gasteiger partial charge in [-0.2, -0.15) is 5.10 Å². The highest BCUT2D eigenvalue weighted by molar-refractivity contribution is 7.09. The monoisotopic (exact) mass is 430 g/mol. The highest BCUT2D eigenvalue weighted by atomic mass is 32.1. The van der Waals surface area contributed by atoms with Crippen LogP contribution in [0, 0.1) is 12.3 Å². The molecule has 0 atom stereocenters. The third-order valence-electron chi connectivity index (χ3n) is 5.97. The minimum Gasteiger partial charge on any atom is -0.297 e. The molecule has 0 radical (unpaired) electrons. The summed E-state index contributed by atoms with van der Waals surface area (Å²) in [4.78, 5) is 36.5. The van der Waals surface area contributed by atoms with Gasteiger partial charge in [0.15, 0.2) is 0 Å². The van der Waals surface area contributed by atoms with Crippen molar-refractivity contribution in [1.82, 2.24) is 29.2 Å². The standard InChI is InChI=1S/C19H22N6O2S2/c1-13-21-14(11-29-13)9-25-18(27)17(26)24-12-19(8-15(24)22-25)2-5-23(6-3-19)10-16-20-4-7-28-16/h4,7,11H,2-3,5-6,8-10,12H2,1H3. The Morgan fingerprint density at radius 1 is 1.14 bits per heavy atom. The van der Waals surface area contributed by atoms with Gasteiger partial charge >= 0.3 is 11.1 Å². The number of hydrogen-bond acceptors (Lipinski definition) is 8. The van der Waals surface area contributed by atoms with Crippen LogP contribution in [-0.4, -0.2) is 42.3 Å². The van der Waals surface area contributed by atoms with E-state index in [1.807, 2.05) is 23.9 Å². The van der Waals surface area contributed by atoms with E-state index < -0.39 is 11.1 Å². The number of likely N-dealkylation sites (tertiary alicyclic amines) is 1. The van der Waals surface area contributed by atoms with Crippen molar-refractivity contribution in [3.05, 3.63) is 59.2 Å². The van der Waals surface area contributed by atoms with E-state index in [9.17, 15) is 9.59 Å². The van der Waals surface area contributed by atoms with E-state index >= 15 is 0 Å². The van der Waals surface area contributed by atoms with Crippen molar-refractivity contribution in [2.24, 2.45) is 5.41 Å². The summed E-state index contributed by atoms with van der Waals surface area (Å²) >= 11 is 3.22. The second-order valence-corrected chi connectivity index (χ2v) is 10.0. The van der Waals surface area contributed by atoms with Crippen molar-refractivity contribution in [2.45, 2.75) is 45.8 Å². The number of fused-ring (bicyclic) bond motifs is 1. The van der Waals surface area contributed by atoms with Crippen molar-refractivity contribution in [2.75, 3.05) is 13.1 Å². The number of hydrogen-bond donors (Lipinski definition) is 0. The summed E-state index contributed by atoms with van der Waals surface area (Å²) in [6.07, 6.45) is 4.60. The Morgan fingerprint density at radius 3 is 2.66 bits per heavy atom. The molecule has 2 aliphatic rings. The first-order chi connectivity index (χ1) is 14.0. The molecular weight excluding hydrogens is 408 g/mol. The number of aryl methyl sites for hydroxylation is 1. The first-order valence-corrected chi connectivity index (χ1v) is 11.5. The summed E-state index contributed by atoms with van der Waals surface area (Å²) in [5.74, 6) is 0.731. The predicted octanol–water partition coefficient (Wildman–Crippen LogP) is 1.51. The molecule has 2 aliphatic heterocycles. The molecule has 0 unspecified atom stereocenters. The van der Waals surface area contributed by atoms with Gasteiger partial charge in [-0.05, 0) is 38.3 Å². The smallest absolute Gasteiger partial charge is 0.297 e. The van der Waals surface area contributed by atoms with Crippen molar-refractivity contribution < 1.29 is 0 Å². The van der Waals surface area contributed by atoms with Crippen LogP contribution in [0.2, 0.25) is 0 Å². The Balaban J connectivity index is 1.33. The maximum absolute atomic E-state index is 12.7. The molecule has 1 fully saturated rings. The molecule has 29 heavy (non-hydrogen) atoms. The fourth-order valence-corrected chi connectivity index (χ4v) is 5.65. The minimum absolute atomic E-state index is 0.0291. The van der Waals surface area contributed by atoms with Crippen LogP contribution in [0.5, 0.6) is 0 Å². The zero-order valence-corrected chi connectivity index (χ0v) is 17.8. The fraction of sp³-hybridized carbons (Fsp3) is 0.526. The SMILES string of the molecule is Cc1nc(Cn2nc3n(c(=O)c2=O)CC2(CCN(Cc4nccs4)CC2)C3)cs1.